The Labute approximate surface area is 181 Å². The first-order chi connectivity index (χ1) is 15.2. The van der Waals surface area contributed by atoms with Crippen LogP contribution < -0.4 is 0 Å². The van der Waals surface area contributed by atoms with E-state index in [1.165, 1.54) is 5.56 Å². The van der Waals surface area contributed by atoms with E-state index in [-0.39, 0.29) is 11.7 Å². The van der Waals surface area contributed by atoms with E-state index in [0.717, 1.165) is 53.3 Å². The number of aryl methyl sites for hydroxylation is 3. The van der Waals surface area contributed by atoms with E-state index < -0.39 is 0 Å². The predicted octanol–water partition coefficient (Wildman–Crippen LogP) is 5.02. The summed E-state index contributed by atoms with van der Waals surface area (Å²) >= 11 is 0. The summed E-state index contributed by atoms with van der Waals surface area (Å²) in [6, 6.07) is 20.1. The molecule has 1 aliphatic carbocycles. The number of rotatable bonds is 5. The highest BCUT2D eigenvalue weighted by atomic mass is 16.1. The van der Waals surface area contributed by atoms with Crippen LogP contribution in [-0.2, 0) is 12.8 Å². The van der Waals surface area contributed by atoms with Gasteiger partial charge >= 0.3 is 0 Å². The van der Waals surface area contributed by atoms with Crippen molar-refractivity contribution < 1.29 is 4.79 Å². The van der Waals surface area contributed by atoms with Crippen molar-refractivity contribution >= 4 is 5.78 Å². The molecule has 1 unspecified atom stereocenters. The summed E-state index contributed by atoms with van der Waals surface area (Å²) in [5.41, 5.74) is 5.19. The van der Waals surface area contributed by atoms with Crippen LogP contribution in [0.1, 0.15) is 40.2 Å². The van der Waals surface area contributed by atoms with Crippen LogP contribution in [0.15, 0.2) is 73.1 Å². The molecule has 0 amide bonds. The molecule has 0 bridgehead atoms. The number of aromatic nitrogens is 4. The van der Waals surface area contributed by atoms with E-state index >= 15 is 0 Å². The summed E-state index contributed by atoms with van der Waals surface area (Å²) < 4.78 is 2.12. The van der Waals surface area contributed by atoms with E-state index in [1.807, 2.05) is 48.7 Å². The molecule has 5 nitrogen and oxygen atoms in total. The van der Waals surface area contributed by atoms with Gasteiger partial charge in [0.25, 0.3) is 0 Å². The summed E-state index contributed by atoms with van der Waals surface area (Å²) in [4.78, 5) is 17.3. The van der Waals surface area contributed by atoms with Gasteiger partial charge in [-0.05, 0) is 55.5 Å². The van der Waals surface area contributed by atoms with Gasteiger partial charge in [-0.15, -0.1) is 10.2 Å². The fraction of sp³-hybridized carbons (Fsp3) is 0.231. The van der Waals surface area contributed by atoms with Gasteiger partial charge < -0.3 is 0 Å². The van der Waals surface area contributed by atoms with Crippen molar-refractivity contribution in [3.8, 4) is 17.1 Å². The molecule has 2 aromatic carbocycles. The molecule has 0 aliphatic heterocycles. The molecule has 154 valence electrons. The van der Waals surface area contributed by atoms with Crippen LogP contribution in [0, 0.1) is 12.8 Å². The third kappa shape index (κ3) is 3.67. The maximum atomic E-state index is 13.0. The number of hydrogen-bond acceptors (Lipinski definition) is 4. The van der Waals surface area contributed by atoms with Gasteiger partial charge in [0.1, 0.15) is 5.82 Å². The average molecular weight is 409 g/mol. The van der Waals surface area contributed by atoms with Gasteiger partial charge in [0.2, 0.25) is 0 Å². The summed E-state index contributed by atoms with van der Waals surface area (Å²) in [6.45, 7) is 2.09. The molecule has 31 heavy (non-hydrogen) atoms. The number of benzene rings is 2. The highest BCUT2D eigenvalue weighted by molar-refractivity contribution is 6.00. The summed E-state index contributed by atoms with van der Waals surface area (Å²) in [7, 11) is 0. The largest absolute Gasteiger partial charge is 0.294 e. The minimum absolute atomic E-state index is 0.0266. The number of hydrogen-bond donors (Lipinski definition) is 0. The minimum Gasteiger partial charge on any atom is -0.294 e. The fourth-order valence-corrected chi connectivity index (χ4v) is 4.47. The molecule has 1 aliphatic rings. The zero-order valence-electron chi connectivity index (χ0n) is 17.5. The molecule has 0 radical (unpaired) electrons. The number of para-hydroxylation sites is 1. The minimum atomic E-state index is 0.0266. The maximum absolute atomic E-state index is 13.0. The van der Waals surface area contributed by atoms with Gasteiger partial charge in [-0.25, -0.2) is 0 Å². The van der Waals surface area contributed by atoms with Crippen LogP contribution in [0.25, 0.3) is 17.1 Å². The van der Waals surface area contributed by atoms with Gasteiger partial charge in [-0.1, -0.05) is 42.5 Å². The standard InChI is InChI=1S/C26H24N4O/c1-18-7-2-5-11-23(18)30-24(28-29-26(30)21-9-6-16-27-17-21)15-14-20-13-12-19-8-3-4-10-22(19)25(20)31/h2-11,16-17,20H,12-15H2,1H3. The molecule has 5 rings (SSSR count). The van der Waals surface area contributed by atoms with Crippen LogP contribution in [0.5, 0.6) is 0 Å². The van der Waals surface area contributed by atoms with Crippen LogP contribution in [0.3, 0.4) is 0 Å². The van der Waals surface area contributed by atoms with Crippen molar-refractivity contribution in [2.75, 3.05) is 0 Å². The number of Topliss-reactive ketones (excluding diaryl/α,β-unsaturated/α-hetero) is 1. The van der Waals surface area contributed by atoms with Crippen molar-refractivity contribution in [1.29, 1.82) is 0 Å². The Hall–Kier alpha value is -3.60. The summed E-state index contributed by atoms with van der Waals surface area (Å²) in [6.07, 6.45) is 6.88. The van der Waals surface area contributed by atoms with E-state index in [0.29, 0.717) is 6.42 Å². The molecule has 2 heterocycles. The number of ketones is 1. The van der Waals surface area contributed by atoms with Crippen LogP contribution in [0.4, 0.5) is 0 Å². The van der Waals surface area contributed by atoms with Gasteiger partial charge in [0.15, 0.2) is 11.6 Å². The zero-order chi connectivity index (χ0) is 21.2. The molecule has 5 heteroatoms. The Balaban J connectivity index is 1.47. The second-order valence-corrected chi connectivity index (χ2v) is 8.10. The number of pyridine rings is 1. The quantitative estimate of drug-likeness (QED) is 0.465. The van der Waals surface area contributed by atoms with Crippen LogP contribution in [-0.4, -0.2) is 25.5 Å². The molecule has 4 aromatic rings. The summed E-state index contributed by atoms with van der Waals surface area (Å²) in [5, 5.41) is 9.05. The predicted molar refractivity (Wildman–Crippen MR) is 120 cm³/mol. The second-order valence-electron chi connectivity index (χ2n) is 8.10. The first-order valence-electron chi connectivity index (χ1n) is 10.7. The first kappa shape index (κ1) is 19.4. The van der Waals surface area contributed by atoms with E-state index in [2.05, 4.69) is 44.9 Å². The Kier molecular flexibility index (Phi) is 5.16. The van der Waals surface area contributed by atoms with Crippen molar-refractivity contribution in [2.24, 2.45) is 5.92 Å². The third-order valence-corrected chi connectivity index (χ3v) is 6.14. The van der Waals surface area contributed by atoms with Gasteiger partial charge in [-0.2, -0.15) is 0 Å². The Bertz CT molecular complexity index is 1230. The van der Waals surface area contributed by atoms with Gasteiger partial charge in [0.05, 0.1) is 5.69 Å². The van der Waals surface area contributed by atoms with E-state index in [9.17, 15) is 4.79 Å². The average Bonchev–Trinajstić information content (AvgIpc) is 3.23. The molecular formula is C26H24N4O. The van der Waals surface area contributed by atoms with Gasteiger partial charge in [0, 0.05) is 35.9 Å². The van der Waals surface area contributed by atoms with Crippen molar-refractivity contribution in [3.05, 3.63) is 95.6 Å². The molecule has 1 atom stereocenters. The lowest BCUT2D eigenvalue weighted by atomic mass is 9.80. The fourth-order valence-electron chi connectivity index (χ4n) is 4.47. The molecular weight excluding hydrogens is 384 g/mol. The Morgan fingerprint density at radius 3 is 2.68 bits per heavy atom. The maximum Gasteiger partial charge on any atom is 0.170 e. The van der Waals surface area contributed by atoms with Crippen LogP contribution >= 0.6 is 0 Å². The second kappa shape index (κ2) is 8.26. The molecule has 0 saturated heterocycles. The summed E-state index contributed by atoms with van der Waals surface area (Å²) in [5.74, 6) is 1.94. The van der Waals surface area contributed by atoms with Crippen molar-refractivity contribution in [1.82, 2.24) is 19.7 Å². The lowest BCUT2D eigenvalue weighted by molar-refractivity contribution is 0.0894. The molecule has 0 spiro atoms. The Morgan fingerprint density at radius 1 is 1.00 bits per heavy atom. The molecule has 0 fully saturated rings. The topological polar surface area (TPSA) is 60.7 Å². The first-order valence-corrected chi connectivity index (χ1v) is 10.7. The lowest BCUT2D eigenvalue weighted by Gasteiger charge is -2.23. The highest BCUT2D eigenvalue weighted by Crippen LogP contribution is 2.30. The monoisotopic (exact) mass is 408 g/mol. The smallest absolute Gasteiger partial charge is 0.170 e. The van der Waals surface area contributed by atoms with Crippen LogP contribution in [0.2, 0.25) is 0 Å². The zero-order valence-corrected chi connectivity index (χ0v) is 17.5. The lowest BCUT2D eigenvalue weighted by Crippen LogP contribution is -2.23. The number of carbonyl (C=O) groups excluding carboxylic acids is 1. The SMILES string of the molecule is Cc1ccccc1-n1c(CCC2CCc3ccccc3C2=O)nnc1-c1cccnc1. The van der Waals surface area contributed by atoms with Crippen molar-refractivity contribution in [2.45, 2.75) is 32.6 Å². The van der Waals surface area contributed by atoms with E-state index in [1.54, 1.807) is 6.20 Å². The highest BCUT2D eigenvalue weighted by Gasteiger charge is 2.27. The normalized spacial score (nSPS) is 15.6. The van der Waals surface area contributed by atoms with Gasteiger partial charge in [-0.3, -0.25) is 14.3 Å². The van der Waals surface area contributed by atoms with Crippen molar-refractivity contribution in [3.63, 3.8) is 0 Å². The molecule has 2 aromatic heterocycles. The number of fused-ring (bicyclic) bond motifs is 1. The Morgan fingerprint density at radius 2 is 1.84 bits per heavy atom. The third-order valence-electron chi connectivity index (χ3n) is 6.14. The number of nitrogens with zero attached hydrogens (tertiary/aromatic N) is 4. The molecule has 0 saturated carbocycles. The number of carbonyl (C=O) groups is 1. The van der Waals surface area contributed by atoms with E-state index in [4.69, 9.17) is 0 Å². The molecule has 0 N–H and O–H groups in total.